The minimum absolute atomic E-state index is 0.237. The van der Waals surface area contributed by atoms with Gasteiger partial charge in [0.25, 0.3) is 0 Å². The van der Waals surface area contributed by atoms with Crippen molar-refractivity contribution < 1.29 is 14.6 Å². The van der Waals surface area contributed by atoms with Crippen LogP contribution in [0.1, 0.15) is 24.8 Å². The molecule has 1 aliphatic rings. The van der Waals surface area contributed by atoms with Crippen LogP contribution in [-0.4, -0.2) is 36.2 Å². The van der Waals surface area contributed by atoms with Gasteiger partial charge in [0.2, 0.25) is 0 Å². The Bertz CT molecular complexity index is 1560. The zero-order valence-electron chi connectivity index (χ0n) is 23.3. The molecule has 0 amide bonds. The minimum Gasteiger partial charge on any atom is -0.508 e. The largest absolute Gasteiger partial charge is 0.508 e. The normalized spacial score (nSPS) is 13.7. The van der Waals surface area contributed by atoms with Gasteiger partial charge in [0.15, 0.2) is 0 Å². The zero-order chi connectivity index (χ0) is 27.9. The summed E-state index contributed by atoms with van der Waals surface area (Å²) < 4.78 is 12.7. The molecule has 0 atom stereocenters. The summed E-state index contributed by atoms with van der Waals surface area (Å²) in [5, 5.41) is 15.4. The third-order valence-electron chi connectivity index (χ3n) is 7.65. The number of ether oxygens (including phenoxy) is 2. The number of phenolic OH excluding ortho intramolecular Hbond substituents is 1. The number of phenols is 1. The highest BCUT2D eigenvalue weighted by molar-refractivity contribution is 5.96. The van der Waals surface area contributed by atoms with E-state index in [0.29, 0.717) is 6.61 Å². The molecule has 0 saturated carbocycles. The van der Waals surface area contributed by atoms with E-state index in [4.69, 9.17) is 9.47 Å². The summed E-state index contributed by atoms with van der Waals surface area (Å²) in [6.07, 6.45) is 3.99. The summed E-state index contributed by atoms with van der Waals surface area (Å²) in [4.78, 5) is 2.54. The quantitative estimate of drug-likeness (QED) is 0.185. The Labute approximate surface area is 242 Å². The van der Waals surface area contributed by atoms with Gasteiger partial charge in [0.1, 0.15) is 29.6 Å². The van der Waals surface area contributed by atoms with E-state index >= 15 is 0 Å². The van der Waals surface area contributed by atoms with E-state index in [1.807, 2.05) is 48.5 Å². The number of hydrogen-bond donors (Lipinski definition) is 2. The second kappa shape index (κ2) is 12.8. The summed E-state index contributed by atoms with van der Waals surface area (Å²) >= 11 is 0. The summed E-state index contributed by atoms with van der Waals surface area (Å²) in [6, 6.07) is 35.9. The van der Waals surface area contributed by atoms with Crippen molar-refractivity contribution in [2.24, 2.45) is 0 Å². The average molecular weight is 545 g/mol. The summed E-state index contributed by atoms with van der Waals surface area (Å²) in [5.74, 6) is 2.59. The molecule has 0 radical (unpaired) electrons. The maximum Gasteiger partial charge on any atom is 0.143 e. The smallest absolute Gasteiger partial charge is 0.143 e. The molecular weight excluding hydrogens is 508 g/mol. The molecule has 5 aromatic carbocycles. The van der Waals surface area contributed by atoms with Gasteiger partial charge in [0.05, 0.1) is 0 Å². The Morgan fingerprint density at radius 2 is 1.49 bits per heavy atom. The molecular formula is C36H36N2O3. The maximum absolute atomic E-state index is 9.85. The van der Waals surface area contributed by atoms with Gasteiger partial charge in [-0.05, 0) is 103 Å². The second-order valence-corrected chi connectivity index (χ2v) is 10.6. The van der Waals surface area contributed by atoms with Gasteiger partial charge in [-0.3, -0.25) is 0 Å². The van der Waals surface area contributed by atoms with Gasteiger partial charge >= 0.3 is 0 Å². The Morgan fingerprint density at radius 3 is 2.27 bits per heavy atom. The number of anilines is 1. The second-order valence-electron chi connectivity index (χ2n) is 10.6. The number of aromatic hydroxyl groups is 1. The van der Waals surface area contributed by atoms with Gasteiger partial charge in [-0.1, -0.05) is 55.0 Å². The third kappa shape index (κ3) is 6.82. The van der Waals surface area contributed by atoms with Crippen molar-refractivity contribution in [1.29, 1.82) is 0 Å². The van der Waals surface area contributed by atoms with Crippen molar-refractivity contribution in [2.45, 2.75) is 25.9 Å². The van der Waals surface area contributed by atoms with Crippen LogP contribution >= 0.6 is 0 Å². The van der Waals surface area contributed by atoms with Crippen molar-refractivity contribution in [2.75, 3.05) is 31.5 Å². The first-order valence-corrected chi connectivity index (χ1v) is 14.5. The molecule has 6 rings (SSSR count). The van der Waals surface area contributed by atoms with Crippen LogP contribution in [0.15, 0.2) is 109 Å². The Balaban J connectivity index is 1.23. The van der Waals surface area contributed by atoms with Crippen LogP contribution in [0.3, 0.4) is 0 Å². The van der Waals surface area contributed by atoms with E-state index in [1.54, 1.807) is 12.1 Å². The van der Waals surface area contributed by atoms with Crippen LogP contribution < -0.4 is 14.8 Å². The van der Waals surface area contributed by atoms with E-state index < -0.39 is 0 Å². The van der Waals surface area contributed by atoms with Gasteiger partial charge in [-0.25, -0.2) is 0 Å². The number of nitrogens with zero attached hydrogens (tertiary/aromatic N) is 1. The van der Waals surface area contributed by atoms with Gasteiger partial charge < -0.3 is 24.8 Å². The highest BCUT2D eigenvalue weighted by Crippen LogP contribution is 2.41. The monoisotopic (exact) mass is 544 g/mol. The van der Waals surface area contributed by atoms with E-state index in [0.717, 1.165) is 63.5 Å². The summed E-state index contributed by atoms with van der Waals surface area (Å²) in [7, 11) is 0. The van der Waals surface area contributed by atoms with Crippen molar-refractivity contribution >= 4 is 16.5 Å². The fourth-order valence-electron chi connectivity index (χ4n) is 5.39. The van der Waals surface area contributed by atoms with Crippen molar-refractivity contribution in [3.05, 3.63) is 115 Å². The lowest BCUT2D eigenvalue weighted by Crippen LogP contribution is -2.33. The fraction of sp³-hybridized carbons (Fsp3) is 0.222. The SMILES string of the molecule is Oc1ccc(-c2ccc3cc(OCc4ccccc4)ccc3c2Oc2ccc(NCCN3CCCCC3)cc2)cc1. The number of likely N-dealkylation sites (tertiary alicyclic amines) is 1. The van der Waals surface area contributed by atoms with E-state index in [9.17, 15) is 5.11 Å². The standard InChI is InChI=1S/C36H36N2O3/c39-31-14-9-28(10-15-31)34-19-11-29-25-33(40-26-27-7-3-1-4-8-27)18-20-35(29)36(34)41-32-16-12-30(13-17-32)37-21-24-38-22-5-2-6-23-38/h1,3-4,7-20,25,37,39H,2,5-6,21-24,26H2. The van der Waals surface area contributed by atoms with E-state index in [1.165, 1.54) is 32.4 Å². The highest BCUT2D eigenvalue weighted by atomic mass is 16.5. The van der Waals surface area contributed by atoms with Crippen LogP contribution in [0.2, 0.25) is 0 Å². The van der Waals surface area contributed by atoms with Crippen LogP contribution in [0, 0.1) is 0 Å². The molecule has 1 saturated heterocycles. The minimum atomic E-state index is 0.237. The molecule has 0 bridgehead atoms. The average Bonchev–Trinajstić information content (AvgIpc) is 3.02. The zero-order valence-corrected chi connectivity index (χ0v) is 23.3. The van der Waals surface area contributed by atoms with Crippen LogP contribution in [0.25, 0.3) is 21.9 Å². The number of nitrogens with one attached hydrogen (secondary N) is 1. The molecule has 0 aromatic heterocycles. The predicted molar refractivity (Wildman–Crippen MR) is 167 cm³/mol. The lowest BCUT2D eigenvalue weighted by atomic mass is 9.99. The predicted octanol–water partition coefficient (Wildman–Crippen LogP) is 8.48. The highest BCUT2D eigenvalue weighted by Gasteiger charge is 2.14. The molecule has 1 aliphatic heterocycles. The molecule has 1 fully saturated rings. The molecule has 2 N–H and O–H groups in total. The first kappa shape index (κ1) is 26.7. The number of rotatable bonds is 10. The van der Waals surface area contributed by atoms with Gasteiger partial charge in [-0.2, -0.15) is 0 Å². The lowest BCUT2D eigenvalue weighted by molar-refractivity contribution is 0.237. The Morgan fingerprint density at radius 1 is 0.732 bits per heavy atom. The number of hydrogen-bond acceptors (Lipinski definition) is 5. The summed E-state index contributed by atoms with van der Waals surface area (Å²) in [5.41, 5.74) is 4.15. The molecule has 5 heteroatoms. The molecule has 208 valence electrons. The van der Waals surface area contributed by atoms with Crippen molar-refractivity contribution in [3.8, 4) is 34.1 Å². The molecule has 5 nitrogen and oxygen atoms in total. The number of piperidine rings is 1. The fourth-order valence-corrected chi connectivity index (χ4v) is 5.39. The van der Waals surface area contributed by atoms with Crippen LogP contribution in [0.5, 0.6) is 23.0 Å². The van der Waals surface area contributed by atoms with E-state index in [2.05, 4.69) is 58.7 Å². The topological polar surface area (TPSA) is 54.0 Å². The maximum atomic E-state index is 9.85. The first-order chi connectivity index (χ1) is 20.2. The van der Waals surface area contributed by atoms with Crippen molar-refractivity contribution in [3.63, 3.8) is 0 Å². The third-order valence-corrected chi connectivity index (χ3v) is 7.65. The lowest BCUT2D eigenvalue weighted by Gasteiger charge is -2.26. The molecule has 0 spiro atoms. The molecule has 0 unspecified atom stereocenters. The molecule has 41 heavy (non-hydrogen) atoms. The molecule has 0 aliphatic carbocycles. The first-order valence-electron chi connectivity index (χ1n) is 14.5. The Kier molecular flexibility index (Phi) is 8.34. The molecule has 1 heterocycles. The van der Waals surface area contributed by atoms with Gasteiger partial charge in [-0.15, -0.1) is 0 Å². The van der Waals surface area contributed by atoms with Gasteiger partial charge in [0, 0.05) is 29.7 Å². The summed E-state index contributed by atoms with van der Waals surface area (Å²) in [6.45, 7) is 4.94. The number of benzene rings is 5. The Hall–Kier alpha value is -4.48. The molecule has 5 aromatic rings. The van der Waals surface area contributed by atoms with Crippen LogP contribution in [-0.2, 0) is 6.61 Å². The van der Waals surface area contributed by atoms with E-state index in [-0.39, 0.29) is 5.75 Å². The van der Waals surface area contributed by atoms with Crippen molar-refractivity contribution in [1.82, 2.24) is 4.90 Å². The number of fused-ring (bicyclic) bond motifs is 1. The van der Waals surface area contributed by atoms with Crippen LogP contribution in [0.4, 0.5) is 5.69 Å².